The van der Waals surface area contributed by atoms with Gasteiger partial charge in [-0.3, -0.25) is 13.9 Å². The number of nitrogens with zero attached hydrogens (tertiary/aromatic N) is 2. The van der Waals surface area contributed by atoms with E-state index < -0.39 is 11.9 Å². The summed E-state index contributed by atoms with van der Waals surface area (Å²) in [4.78, 5) is 25.9. The first-order valence-electron chi connectivity index (χ1n) is 9.43. The van der Waals surface area contributed by atoms with Crippen LogP contribution in [-0.2, 0) is 18.3 Å². The minimum absolute atomic E-state index is 0.0386. The van der Waals surface area contributed by atoms with E-state index in [1.165, 1.54) is 21.3 Å². The third kappa shape index (κ3) is 3.73. The van der Waals surface area contributed by atoms with Crippen molar-refractivity contribution in [3.8, 4) is 0 Å². The lowest BCUT2D eigenvalue weighted by molar-refractivity contribution is 0.0244. The molecule has 1 N–H and O–H groups in total. The molecule has 2 atom stereocenters. The first kappa shape index (κ1) is 19.8. The lowest BCUT2D eigenvalue weighted by atomic mass is 9.95. The van der Waals surface area contributed by atoms with E-state index in [0.717, 1.165) is 0 Å². The van der Waals surface area contributed by atoms with Crippen molar-refractivity contribution >= 4 is 22.5 Å². The molecule has 152 valence electrons. The molecule has 1 aliphatic heterocycles. The fourth-order valence-electron chi connectivity index (χ4n) is 3.87. The molecule has 0 radical (unpaired) electrons. The van der Waals surface area contributed by atoms with Crippen LogP contribution in [-0.4, -0.2) is 28.8 Å². The molecular weight excluding hydrogens is 397 g/mol. The highest BCUT2D eigenvalue weighted by atomic mass is 35.5. The number of ether oxygens (including phenoxy) is 1. The maximum Gasteiger partial charge on any atom is 0.331 e. The van der Waals surface area contributed by atoms with Crippen LogP contribution in [0, 0.1) is 11.7 Å². The van der Waals surface area contributed by atoms with Crippen molar-refractivity contribution < 1.29 is 9.13 Å². The van der Waals surface area contributed by atoms with E-state index in [-0.39, 0.29) is 28.7 Å². The molecule has 8 heteroatoms. The molecule has 0 amide bonds. The molecule has 6 nitrogen and oxygen atoms in total. The number of aryl methyl sites for hydroxylation is 1. The summed E-state index contributed by atoms with van der Waals surface area (Å²) in [5.41, 5.74) is 0.490. The topological polar surface area (TPSA) is 65.3 Å². The first-order valence-corrected chi connectivity index (χ1v) is 9.81. The molecule has 1 aliphatic rings. The van der Waals surface area contributed by atoms with Crippen LogP contribution < -0.4 is 16.6 Å². The molecule has 1 saturated heterocycles. The normalized spacial score (nSPS) is 20.0. The Balaban J connectivity index is 1.77. The third-order valence-electron chi connectivity index (χ3n) is 5.36. The number of halogens is 2. The molecule has 2 heterocycles. The second-order valence-electron chi connectivity index (χ2n) is 7.20. The molecule has 0 spiro atoms. The molecular formula is C21H21ClFN3O3. The smallest absolute Gasteiger partial charge is 0.331 e. The van der Waals surface area contributed by atoms with Crippen molar-refractivity contribution in [2.75, 3.05) is 19.7 Å². The highest BCUT2D eigenvalue weighted by molar-refractivity contribution is 6.30. The molecule has 1 fully saturated rings. The van der Waals surface area contributed by atoms with Crippen LogP contribution >= 0.6 is 11.6 Å². The number of hydrogen-bond acceptors (Lipinski definition) is 4. The van der Waals surface area contributed by atoms with Gasteiger partial charge in [-0.15, -0.1) is 0 Å². The maximum atomic E-state index is 14.0. The summed E-state index contributed by atoms with van der Waals surface area (Å²) in [6.45, 7) is 1.75. The number of rotatable bonds is 3. The van der Waals surface area contributed by atoms with Gasteiger partial charge in [0.2, 0.25) is 0 Å². The largest absolute Gasteiger partial charge is 0.372 e. The molecule has 2 aromatic carbocycles. The number of nitrogens with one attached hydrogen (secondary N) is 1. The van der Waals surface area contributed by atoms with Crippen LogP contribution in [0.25, 0.3) is 10.9 Å². The molecule has 0 saturated carbocycles. The van der Waals surface area contributed by atoms with Crippen molar-refractivity contribution in [3.05, 3.63) is 79.7 Å². The lowest BCUT2D eigenvalue weighted by Crippen LogP contribution is -2.42. The fourth-order valence-corrected chi connectivity index (χ4v) is 3.98. The van der Waals surface area contributed by atoms with Crippen molar-refractivity contribution in [1.82, 2.24) is 14.5 Å². The van der Waals surface area contributed by atoms with Gasteiger partial charge in [0.25, 0.3) is 5.56 Å². The summed E-state index contributed by atoms with van der Waals surface area (Å²) in [7, 11) is 1.65. The summed E-state index contributed by atoms with van der Waals surface area (Å²) in [5.74, 6) is -0.771. The highest BCUT2D eigenvalue weighted by Crippen LogP contribution is 2.30. The van der Waals surface area contributed by atoms with Crippen LogP contribution in [0.15, 0.2) is 52.1 Å². The third-order valence-corrected chi connectivity index (χ3v) is 5.67. The van der Waals surface area contributed by atoms with E-state index in [9.17, 15) is 14.0 Å². The maximum absolute atomic E-state index is 14.0. The zero-order chi connectivity index (χ0) is 20.5. The van der Waals surface area contributed by atoms with Gasteiger partial charge >= 0.3 is 5.69 Å². The molecule has 1 aromatic heterocycles. The van der Waals surface area contributed by atoms with Gasteiger partial charge in [0.15, 0.2) is 0 Å². The summed E-state index contributed by atoms with van der Waals surface area (Å²) in [5, 5.41) is 3.78. The Kier molecular flexibility index (Phi) is 5.54. The Hall–Kier alpha value is -2.48. The van der Waals surface area contributed by atoms with Gasteiger partial charge in [0, 0.05) is 32.6 Å². The van der Waals surface area contributed by atoms with E-state index in [1.54, 1.807) is 37.4 Å². The van der Waals surface area contributed by atoms with Gasteiger partial charge in [0.1, 0.15) is 5.82 Å². The van der Waals surface area contributed by atoms with E-state index in [1.807, 2.05) is 0 Å². The van der Waals surface area contributed by atoms with Gasteiger partial charge in [-0.25, -0.2) is 9.18 Å². The highest BCUT2D eigenvalue weighted by Gasteiger charge is 2.28. The minimum Gasteiger partial charge on any atom is -0.372 e. The minimum atomic E-state index is -0.525. The number of aromatic nitrogens is 2. The number of fused-ring (bicyclic) bond motifs is 1. The average Bonchev–Trinajstić information content (AvgIpc) is 2.97. The van der Waals surface area contributed by atoms with E-state index in [2.05, 4.69) is 5.32 Å². The van der Waals surface area contributed by atoms with Crippen LogP contribution in [0.2, 0.25) is 5.02 Å². The SMILES string of the molecule is Cn1c(=O)n(C[C@@H]2CNCCO[C@H]2c2ccc(Cl)c(F)c2)c(=O)c2ccccc21. The van der Waals surface area contributed by atoms with Crippen molar-refractivity contribution in [3.63, 3.8) is 0 Å². The summed E-state index contributed by atoms with van der Waals surface area (Å²) < 4.78 is 22.7. The monoisotopic (exact) mass is 417 g/mol. The first-order chi connectivity index (χ1) is 14.0. The molecule has 0 unspecified atom stereocenters. The van der Waals surface area contributed by atoms with E-state index >= 15 is 0 Å². The number of hydrogen-bond donors (Lipinski definition) is 1. The van der Waals surface area contributed by atoms with Crippen molar-refractivity contribution in [2.45, 2.75) is 12.6 Å². The summed E-state index contributed by atoms with van der Waals surface area (Å²) in [6.07, 6.45) is -0.472. The average molecular weight is 418 g/mol. The van der Waals surface area contributed by atoms with Gasteiger partial charge in [0.05, 0.1) is 28.6 Å². The van der Waals surface area contributed by atoms with Gasteiger partial charge in [-0.05, 0) is 29.8 Å². The standard InChI is InChI=1S/C21H21ClFN3O3/c1-25-18-5-3-2-4-15(18)20(27)26(21(25)28)12-14-11-24-8-9-29-19(14)13-6-7-16(22)17(23)10-13/h2-7,10,14,19,24H,8-9,11-12H2,1H3/t14-,19-/m0/s1. The quantitative estimate of drug-likeness (QED) is 0.711. The van der Waals surface area contributed by atoms with Crippen molar-refractivity contribution in [1.29, 1.82) is 0 Å². The predicted molar refractivity (Wildman–Crippen MR) is 110 cm³/mol. The van der Waals surface area contributed by atoms with Crippen LogP contribution in [0.1, 0.15) is 11.7 Å². The number of para-hydroxylation sites is 1. The Morgan fingerprint density at radius 1 is 1.24 bits per heavy atom. The molecule has 0 aliphatic carbocycles. The molecule has 0 bridgehead atoms. The summed E-state index contributed by atoms with van der Waals surface area (Å²) >= 11 is 5.81. The Morgan fingerprint density at radius 2 is 2.03 bits per heavy atom. The fraction of sp³-hybridized carbons (Fsp3) is 0.333. The Bertz CT molecular complexity index is 1170. The zero-order valence-corrected chi connectivity index (χ0v) is 16.7. The van der Waals surface area contributed by atoms with Gasteiger partial charge in [-0.1, -0.05) is 29.8 Å². The number of benzene rings is 2. The Labute approximate surface area is 171 Å². The second kappa shape index (κ2) is 8.10. The molecule has 4 rings (SSSR count). The van der Waals surface area contributed by atoms with Crippen LogP contribution in [0.5, 0.6) is 0 Å². The van der Waals surface area contributed by atoms with E-state index in [0.29, 0.717) is 36.2 Å². The van der Waals surface area contributed by atoms with E-state index in [4.69, 9.17) is 16.3 Å². The Morgan fingerprint density at radius 3 is 2.83 bits per heavy atom. The predicted octanol–water partition coefficient (Wildman–Crippen LogP) is 2.47. The molecule has 3 aromatic rings. The summed E-state index contributed by atoms with van der Waals surface area (Å²) in [6, 6.07) is 11.6. The second-order valence-corrected chi connectivity index (χ2v) is 7.61. The van der Waals surface area contributed by atoms with Crippen LogP contribution in [0.3, 0.4) is 0 Å². The van der Waals surface area contributed by atoms with Gasteiger partial charge in [-0.2, -0.15) is 0 Å². The lowest BCUT2D eigenvalue weighted by Gasteiger charge is -2.26. The van der Waals surface area contributed by atoms with Crippen LogP contribution in [0.4, 0.5) is 4.39 Å². The van der Waals surface area contributed by atoms with Gasteiger partial charge < -0.3 is 10.1 Å². The van der Waals surface area contributed by atoms with Crippen molar-refractivity contribution in [2.24, 2.45) is 13.0 Å². The molecule has 29 heavy (non-hydrogen) atoms. The zero-order valence-electron chi connectivity index (χ0n) is 15.9.